The number of aryl methyl sites for hydroxylation is 1. The molecule has 1 heterocycles. The quantitative estimate of drug-likeness (QED) is 0.799. The van der Waals surface area contributed by atoms with Gasteiger partial charge in [0.25, 0.3) is 0 Å². The molecule has 0 aromatic carbocycles. The number of sulfonamides is 1. The Balaban J connectivity index is 2.20. The van der Waals surface area contributed by atoms with Crippen LogP contribution in [-0.4, -0.2) is 19.0 Å². The number of nitrogens with zero attached hydrogens (tertiary/aromatic N) is 1. The maximum atomic E-state index is 12.0. The third kappa shape index (κ3) is 2.14. The predicted molar refractivity (Wildman–Crippen MR) is 61.3 cm³/mol. The lowest BCUT2D eigenvalue weighted by atomic mass is 9.94. The molecule has 1 aliphatic carbocycles. The minimum atomic E-state index is -3.36. The van der Waals surface area contributed by atoms with E-state index < -0.39 is 10.0 Å². The third-order valence-corrected chi connectivity index (χ3v) is 4.52. The fourth-order valence-corrected chi connectivity index (χ4v) is 3.14. The van der Waals surface area contributed by atoms with Crippen LogP contribution >= 0.6 is 0 Å². The van der Waals surface area contributed by atoms with Crippen LogP contribution in [0.2, 0.25) is 0 Å². The van der Waals surface area contributed by atoms with Crippen molar-refractivity contribution < 1.29 is 8.42 Å². The first kappa shape index (κ1) is 11.6. The second-order valence-corrected chi connectivity index (χ2v) is 5.95. The highest BCUT2D eigenvalue weighted by molar-refractivity contribution is 7.89. The van der Waals surface area contributed by atoms with Crippen molar-refractivity contribution >= 4 is 10.0 Å². The number of hydrogen-bond donors (Lipinski definition) is 2. The van der Waals surface area contributed by atoms with Crippen molar-refractivity contribution in [2.45, 2.75) is 36.7 Å². The lowest BCUT2D eigenvalue weighted by molar-refractivity contribution is 0.383. The molecule has 0 atom stereocenters. The summed E-state index contributed by atoms with van der Waals surface area (Å²) in [6.45, 7) is 0.343. The molecule has 16 heavy (non-hydrogen) atoms. The molecule has 6 heteroatoms. The molecule has 1 aliphatic rings. The van der Waals surface area contributed by atoms with Crippen molar-refractivity contribution in [3.8, 4) is 0 Å². The number of aromatic nitrogens is 1. The van der Waals surface area contributed by atoms with Crippen LogP contribution in [0.15, 0.2) is 17.2 Å². The molecule has 0 aliphatic heterocycles. The fraction of sp³-hybridized carbons (Fsp3) is 0.600. The molecular weight excluding hydrogens is 226 g/mol. The maximum absolute atomic E-state index is 12.0. The third-order valence-electron chi connectivity index (χ3n) is 3.03. The van der Waals surface area contributed by atoms with Gasteiger partial charge in [-0.25, -0.2) is 13.1 Å². The van der Waals surface area contributed by atoms with Crippen molar-refractivity contribution in [2.75, 3.05) is 0 Å². The summed E-state index contributed by atoms with van der Waals surface area (Å²) in [6, 6.07) is 1.74. The molecule has 1 aromatic heterocycles. The van der Waals surface area contributed by atoms with Crippen LogP contribution in [0, 0.1) is 0 Å². The average molecular weight is 243 g/mol. The summed E-state index contributed by atoms with van der Waals surface area (Å²) in [5.41, 5.74) is 6.32. The number of rotatable bonds is 4. The van der Waals surface area contributed by atoms with E-state index in [4.69, 9.17) is 5.73 Å². The van der Waals surface area contributed by atoms with E-state index in [0.717, 1.165) is 25.0 Å². The minimum absolute atomic E-state index is 0.117. The van der Waals surface area contributed by atoms with Crippen LogP contribution in [0.25, 0.3) is 0 Å². The van der Waals surface area contributed by atoms with Crippen LogP contribution in [0.4, 0.5) is 0 Å². The van der Waals surface area contributed by atoms with E-state index in [9.17, 15) is 8.42 Å². The van der Waals surface area contributed by atoms with Crippen LogP contribution in [0.1, 0.15) is 25.0 Å². The van der Waals surface area contributed by atoms with Gasteiger partial charge in [-0.1, -0.05) is 6.42 Å². The lowest BCUT2D eigenvalue weighted by Crippen LogP contribution is -2.39. The van der Waals surface area contributed by atoms with Crippen molar-refractivity contribution in [3.63, 3.8) is 0 Å². The van der Waals surface area contributed by atoms with E-state index in [2.05, 4.69) is 4.72 Å². The zero-order valence-electron chi connectivity index (χ0n) is 9.31. The molecule has 2 rings (SSSR count). The Kier molecular flexibility index (Phi) is 3.05. The van der Waals surface area contributed by atoms with Crippen molar-refractivity contribution in [2.24, 2.45) is 12.8 Å². The van der Waals surface area contributed by atoms with E-state index >= 15 is 0 Å². The van der Waals surface area contributed by atoms with Crippen LogP contribution < -0.4 is 10.5 Å². The standard InChI is InChI=1S/C10H17N3O2S/c1-13-7-10(5-9(13)6-11)16(14,15)12-8-3-2-4-8/h5,7-8,12H,2-4,6,11H2,1H3. The number of nitrogens with two attached hydrogens (primary N) is 1. The SMILES string of the molecule is Cn1cc(S(=O)(=O)NC2CCC2)cc1CN. The second kappa shape index (κ2) is 4.20. The molecule has 1 fully saturated rings. The Labute approximate surface area is 95.7 Å². The summed E-state index contributed by atoms with van der Waals surface area (Å²) in [6.07, 6.45) is 4.59. The summed E-state index contributed by atoms with van der Waals surface area (Å²) in [5, 5.41) is 0. The molecule has 0 amide bonds. The second-order valence-electron chi connectivity index (χ2n) is 4.23. The van der Waals surface area contributed by atoms with Gasteiger partial charge in [0.1, 0.15) is 0 Å². The van der Waals surface area contributed by atoms with Crippen LogP contribution in [-0.2, 0) is 23.6 Å². The van der Waals surface area contributed by atoms with Crippen molar-refractivity contribution in [1.82, 2.24) is 9.29 Å². The molecule has 3 N–H and O–H groups in total. The summed E-state index contributed by atoms with van der Waals surface area (Å²) < 4.78 is 28.3. The first-order valence-corrected chi connectivity index (χ1v) is 6.89. The molecule has 90 valence electrons. The molecule has 0 bridgehead atoms. The predicted octanol–water partition coefficient (Wildman–Crippen LogP) is 0.315. The van der Waals surface area contributed by atoms with E-state index in [1.54, 1.807) is 23.9 Å². The van der Waals surface area contributed by atoms with Crippen LogP contribution in [0.5, 0.6) is 0 Å². The Bertz CT molecular complexity index is 474. The Morgan fingerprint density at radius 1 is 1.56 bits per heavy atom. The summed E-state index contributed by atoms with van der Waals surface area (Å²) >= 11 is 0. The highest BCUT2D eigenvalue weighted by atomic mass is 32.2. The molecule has 5 nitrogen and oxygen atoms in total. The van der Waals surface area contributed by atoms with Gasteiger partial charge in [-0.3, -0.25) is 0 Å². The van der Waals surface area contributed by atoms with E-state index in [1.165, 1.54) is 0 Å². The van der Waals surface area contributed by atoms with Gasteiger partial charge in [0.2, 0.25) is 10.0 Å². The van der Waals surface area contributed by atoms with Gasteiger partial charge in [-0.05, 0) is 18.9 Å². The number of nitrogens with one attached hydrogen (secondary N) is 1. The van der Waals surface area contributed by atoms with Gasteiger partial charge in [-0.15, -0.1) is 0 Å². The Hall–Kier alpha value is -0.850. The zero-order valence-corrected chi connectivity index (χ0v) is 10.1. The molecule has 1 aromatic rings. The summed E-state index contributed by atoms with van der Waals surface area (Å²) in [4.78, 5) is 0.308. The molecule has 0 radical (unpaired) electrons. The highest BCUT2D eigenvalue weighted by Crippen LogP contribution is 2.21. The summed E-state index contributed by atoms with van der Waals surface area (Å²) in [5.74, 6) is 0. The minimum Gasteiger partial charge on any atom is -0.352 e. The van der Waals surface area contributed by atoms with Gasteiger partial charge in [-0.2, -0.15) is 0 Å². The smallest absolute Gasteiger partial charge is 0.242 e. The van der Waals surface area contributed by atoms with E-state index in [0.29, 0.717) is 11.4 Å². The van der Waals surface area contributed by atoms with Gasteiger partial charge in [0.15, 0.2) is 0 Å². The van der Waals surface area contributed by atoms with Gasteiger partial charge >= 0.3 is 0 Å². The number of hydrogen-bond acceptors (Lipinski definition) is 3. The van der Waals surface area contributed by atoms with E-state index in [1.807, 2.05) is 0 Å². The Morgan fingerprint density at radius 3 is 2.69 bits per heavy atom. The van der Waals surface area contributed by atoms with Gasteiger partial charge < -0.3 is 10.3 Å². The largest absolute Gasteiger partial charge is 0.352 e. The molecule has 0 spiro atoms. The zero-order chi connectivity index (χ0) is 11.8. The normalized spacial score (nSPS) is 17.4. The van der Waals surface area contributed by atoms with Crippen LogP contribution in [0.3, 0.4) is 0 Å². The topological polar surface area (TPSA) is 77.1 Å². The molecular formula is C10H17N3O2S. The molecule has 0 unspecified atom stereocenters. The molecule has 0 saturated heterocycles. The summed E-state index contributed by atoms with van der Waals surface area (Å²) in [7, 11) is -1.56. The highest BCUT2D eigenvalue weighted by Gasteiger charge is 2.25. The first-order valence-electron chi connectivity index (χ1n) is 5.40. The maximum Gasteiger partial charge on any atom is 0.242 e. The lowest BCUT2D eigenvalue weighted by Gasteiger charge is -2.25. The Morgan fingerprint density at radius 2 is 2.25 bits per heavy atom. The van der Waals surface area contributed by atoms with Gasteiger partial charge in [0, 0.05) is 31.5 Å². The van der Waals surface area contributed by atoms with Crippen molar-refractivity contribution in [3.05, 3.63) is 18.0 Å². The average Bonchev–Trinajstić information content (AvgIpc) is 2.54. The first-order chi connectivity index (χ1) is 7.53. The molecule has 1 saturated carbocycles. The van der Waals surface area contributed by atoms with Crippen molar-refractivity contribution in [1.29, 1.82) is 0 Å². The van der Waals surface area contributed by atoms with Gasteiger partial charge in [0.05, 0.1) is 4.90 Å². The monoisotopic (exact) mass is 243 g/mol. The fourth-order valence-electron chi connectivity index (χ4n) is 1.74. The van der Waals surface area contributed by atoms with E-state index in [-0.39, 0.29) is 6.04 Å².